The van der Waals surface area contributed by atoms with Crippen molar-refractivity contribution >= 4 is 35.0 Å². The summed E-state index contributed by atoms with van der Waals surface area (Å²) in [5.74, 6) is -2.15. The lowest BCUT2D eigenvalue weighted by molar-refractivity contribution is -0.253. The summed E-state index contributed by atoms with van der Waals surface area (Å²) in [5, 5.41) is 17.6. The third-order valence-electron chi connectivity index (χ3n) is 2.86. The summed E-state index contributed by atoms with van der Waals surface area (Å²) in [4.78, 5) is 22.1. The van der Waals surface area contributed by atoms with Crippen molar-refractivity contribution < 1.29 is 37.0 Å². The molecule has 0 radical (unpaired) electrons. The van der Waals surface area contributed by atoms with Crippen LogP contribution in [0.2, 0.25) is 0 Å². The van der Waals surface area contributed by atoms with Gasteiger partial charge in [-0.25, -0.2) is 0 Å². The highest BCUT2D eigenvalue weighted by Gasteiger charge is 2.43. The molecule has 2 rings (SSSR count). The number of amidine groups is 1. The smallest absolute Gasteiger partial charge is 0.461 e. The Bertz CT molecular complexity index is 757. The zero-order chi connectivity index (χ0) is 19.3. The molecule has 1 fully saturated rings. The van der Waals surface area contributed by atoms with E-state index in [0.29, 0.717) is 0 Å². The van der Waals surface area contributed by atoms with Gasteiger partial charge in [0, 0.05) is 0 Å². The summed E-state index contributed by atoms with van der Waals surface area (Å²) in [7, 11) is 0. The molecular weight excluding hydrogens is 382 g/mol. The van der Waals surface area contributed by atoms with Gasteiger partial charge in [0.1, 0.15) is 11.0 Å². The number of nitrogens with zero attached hydrogens (tertiary/aromatic N) is 2. The van der Waals surface area contributed by atoms with E-state index in [1.54, 1.807) is 0 Å². The number of hydrogen-bond donors (Lipinski definition) is 2. The number of ether oxygens (including phenoxy) is 1. The van der Waals surface area contributed by atoms with Crippen LogP contribution in [-0.2, 0) is 9.59 Å². The lowest BCUT2D eigenvalue weighted by Gasteiger charge is -2.16. The number of amides is 1. The van der Waals surface area contributed by atoms with Crippen molar-refractivity contribution in [3.8, 4) is 5.75 Å². The van der Waals surface area contributed by atoms with Crippen LogP contribution in [0, 0.1) is 0 Å². The minimum Gasteiger partial charge on any atom is -0.481 e. The number of thioether (sulfide) groups is 1. The highest BCUT2D eigenvalue weighted by atomic mass is 32.2. The summed E-state index contributed by atoms with van der Waals surface area (Å²) in [6.07, 6.45) is -7.86. The average molecular weight is 393 g/mol. The van der Waals surface area contributed by atoms with E-state index in [4.69, 9.17) is 5.11 Å². The number of carbonyl (C=O) groups excluding carboxylic acids is 1. The monoisotopic (exact) mass is 393 g/mol. The summed E-state index contributed by atoms with van der Waals surface area (Å²) in [6, 6.07) is 4.85. The van der Waals surface area contributed by atoms with Gasteiger partial charge in [0.25, 0.3) is 0 Å². The Labute approximate surface area is 148 Å². The first-order valence-electron chi connectivity index (χ1n) is 6.93. The summed E-state index contributed by atoms with van der Waals surface area (Å²) < 4.78 is 53.9. The average Bonchev–Trinajstić information content (AvgIpc) is 2.86. The molecular formula is C14H11F4N3O4S. The number of nitrogens with one attached hydrogen (secondary N) is 1. The quantitative estimate of drug-likeness (QED) is 0.421. The van der Waals surface area contributed by atoms with Crippen LogP contribution in [0.3, 0.4) is 0 Å². The number of alkyl halides is 4. The SMILES string of the molecule is O=C(O)CC1SC(=NN=Cc2cccc(OC(F)(F)C(F)F)c2)NC1=O. The van der Waals surface area contributed by atoms with Crippen molar-refractivity contribution in [3.05, 3.63) is 29.8 Å². The maximum absolute atomic E-state index is 12.9. The van der Waals surface area contributed by atoms with E-state index >= 15 is 0 Å². The molecule has 1 unspecified atom stereocenters. The number of hydrogen-bond acceptors (Lipinski definition) is 6. The topological polar surface area (TPSA) is 100 Å². The zero-order valence-corrected chi connectivity index (χ0v) is 13.6. The van der Waals surface area contributed by atoms with Gasteiger partial charge in [-0.2, -0.15) is 22.7 Å². The predicted octanol–water partition coefficient (Wildman–Crippen LogP) is 2.32. The van der Waals surface area contributed by atoms with Crippen LogP contribution < -0.4 is 10.1 Å². The molecule has 1 aromatic rings. The number of halogens is 4. The van der Waals surface area contributed by atoms with E-state index in [1.807, 2.05) is 0 Å². The fourth-order valence-electron chi connectivity index (χ4n) is 1.75. The third kappa shape index (κ3) is 5.44. The molecule has 7 nitrogen and oxygen atoms in total. The zero-order valence-electron chi connectivity index (χ0n) is 12.7. The van der Waals surface area contributed by atoms with Crippen molar-refractivity contribution in [2.75, 3.05) is 0 Å². The number of benzene rings is 1. The van der Waals surface area contributed by atoms with E-state index in [9.17, 15) is 27.2 Å². The first kappa shape index (κ1) is 19.7. The molecule has 1 aliphatic rings. The van der Waals surface area contributed by atoms with Crippen LogP contribution in [0.5, 0.6) is 5.75 Å². The number of carboxylic acid groups (broad SMARTS) is 1. The first-order valence-corrected chi connectivity index (χ1v) is 7.80. The minimum absolute atomic E-state index is 0.0779. The minimum atomic E-state index is -4.63. The number of rotatable bonds is 7. The Morgan fingerprint density at radius 3 is 2.85 bits per heavy atom. The standard InChI is InChI=1S/C14H11F4N3O4S/c15-12(16)14(17,18)25-8-3-1-2-7(4-8)6-19-21-13-20-11(24)9(26-13)5-10(22)23/h1-4,6,9,12H,5H2,(H,22,23)(H,20,21,24). The number of carbonyl (C=O) groups is 2. The molecule has 1 amide bonds. The molecule has 0 spiro atoms. The maximum atomic E-state index is 12.9. The lowest BCUT2D eigenvalue weighted by atomic mass is 10.2. The molecule has 0 saturated carbocycles. The number of aliphatic carboxylic acids is 1. The van der Waals surface area contributed by atoms with Crippen LogP contribution in [-0.4, -0.2) is 46.1 Å². The molecule has 1 aliphatic heterocycles. The van der Waals surface area contributed by atoms with Crippen LogP contribution in [0.1, 0.15) is 12.0 Å². The molecule has 1 atom stereocenters. The second kappa shape index (κ2) is 8.17. The Balaban J connectivity index is 2.02. The summed E-state index contributed by atoms with van der Waals surface area (Å²) in [5.41, 5.74) is 0.230. The highest BCUT2D eigenvalue weighted by molar-refractivity contribution is 8.15. The fraction of sp³-hybridized carbons (Fsp3) is 0.286. The van der Waals surface area contributed by atoms with Gasteiger partial charge in [-0.05, 0) is 17.7 Å². The Morgan fingerprint density at radius 1 is 1.46 bits per heavy atom. The van der Waals surface area contributed by atoms with Gasteiger partial charge < -0.3 is 15.2 Å². The van der Waals surface area contributed by atoms with Crippen molar-refractivity contribution in [1.82, 2.24) is 5.32 Å². The molecule has 1 saturated heterocycles. The molecule has 26 heavy (non-hydrogen) atoms. The van der Waals surface area contributed by atoms with E-state index < -0.39 is 35.4 Å². The van der Waals surface area contributed by atoms with Gasteiger partial charge in [-0.1, -0.05) is 23.9 Å². The van der Waals surface area contributed by atoms with Crippen LogP contribution in [0.4, 0.5) is 17.6 Å². The molecule has 1 heterocycles. The van der Waals surface area contributed by atoms with E-state index in [1.165, 1.54) is 12.1 Å². The molecule has 1 aromatic carbocycles. The van der Waals surface area contributed by atoms with E-state index in [2.05, 4.69) is 20.3 Å². The third-order valence-corrected chi connectivity index (χ3v) is 3.93. The van der Waals surface area contributed by atoms with Gasteiger partial charge in [0.15, 0.2) is 5.17 Å². The van der Waals surface area contributed by atoms with Gasteiger partial charge in [0.05, 0.1) is 12.6 Å². The molecule has 140 valence electrons. The first-order chi connectivity index (χ1) is 12.2. The van der Waals surface area contributed by atoms with Gasteiger partial charge >= 0.3 is 18.5 Å². The van der Waals surface area contributed by atoms with E-state index in [0.717, 1.165) is 30.1 Å². The van der Waals surface area contributed by atoms with Gasteiger partial charge in [-0.15, -0.1) is 5.10 Å². The van der Waals surface area contributed by atoms with Crippen molar-refractivity contribution in [1.29, 1.82) is 0 Å². The predicted molar refractivity (Wildman–Crippen MR) is 84.8 cm³/mol. The maximum Gasteiger partial charge on any atom is 0.461 e. The second-order valence-corrected chi connectivity index (χ2v) is 6.07. The largest absolute Gasteiger partial charge is 0.481 e. The Hall–Kier alpha value is -2.63. The Morgan fingerprint density at radius 2 is 2.19 bits per heavy atom. The molecule has 0 bridgehead atoms. The summed E-state index contributed by atoms with van der Waals surface area (Å²) in [6.45, 7) is 0. The molecule has 12 heteroatoms. The van der Waals surface area contributed by atoms with Crippen molar-refractivity contribution in [3.63, 3.8) is 0 Å². The van der Waals surface area contributed by atoms with Gasteiger partial charge in [0.2, 0.25) is 5.91 Å². The Kier molecular flexibility index (Phi) is 6.18. The molecule has 0 aromatic heterocycles. The van der Waals surface area contributed by atoms with Crippen molar-refractivity contribution in [2.45, 2.75) is 24.2 Å². The normalized spacial score (nSPS) is 19.3. The van der Waals surface area contributed by atoms with Crippen LogP contribution in [0.25, 0.3) is 0 Å². The van der Waals surface area contributed by atoms with Crippen LogP contribution >= 0.6 is 11.8 Å². The molecule has 0 aliphatic carbocycles. The van der Waals surface area contributed by atoms with Crippen molar-refractivity contribution in [2.24, 2.45) is 10.2 Å². The summed E-state index contributed by atoms with van der Waals surface area (Å²) >= 11 is 0.884. The highest BCUT2D eigenvalue weighted by Crippen LogP contribution is 2.27. The molecule has 2 N–H and O–H groups in total. The number of carboxylic acids is 1. The lowest BCUT2D eigenvalue weighted by Crippen LogP contribution is -2.33. The van der Waals surface area contributed by atoms with Crippen LogP contribution in [0.15, 0.2) is 34.5 Å². The van der Waals surface area contributed by atoms with Gasteiger partial charge in [-0.3, -0.25) is 9.59 Å². The fourth-order valence-corrected chi connectivity index (χ4v) is 2.67. The second-order valence-electron chi connectivity index (χ2n) is 4.88. The van der Waals surface area contributed by atoms with E-state index in [-0.39, 0.29) is 17.2 Å².